The molecule has 5 heteroatoms. The van der Waals surface area contributed by atoms with E-state index in [-0.39, 0.29) is 5.92 Å². The standard InChI is InChI=1S/C10H11F3N2/c11-10(12,13)7-5-14-15-8(7)6-3-9(4-6)1-2-9/h5-6H,1-4H2,(H,14,15). The maximum absolute atomic E-state index is 12.6. The molecule has 0 atom stereocenters. The van der Waals surface area contributed by atoms with Crippen LogP contribution in [0.5, 0.6) is 0 Å². The van der Waals surface area contributed by atoms with Crippen LogP contribution in [0, 0.1) is 5.41 Å². The number of aromatic amines is 1. The second-order valence-electron chi connectivity index (χ2n) is 4.80. The number of halogens is 3. The Hall–Kier alpha value is -1.00. The number of aromatic nitrogens is 2. The third-order valence-electron chi connectivity index (χ3n) is 3.70. The van der Waals surface area contributed by atoms with Crippen LogP contribution >= 0.6 is 0 Å². The Morgan fingerprint density at radius 3 is 2.53 bits per heavy atom. The van der Waals surface area contributed by atoms with Gasteiger partial charge in [0, 0.05) is 5.92 Å². The number of hydrogen-bond acceptors (Lipinski definition) is 1. The van der Waals surface area contributed by atoms with Gasteiger partial charge in [-0.3, -0.25) is 5.10 Å². The summed E-state index contributed by atoms with van der Waals surface area (Å²) in [7, 11) is 0. The molecule has 2 fully saturated rings. The molecule has 2 aliphatic carbocycles. The average Bonchev–Trinajstić information content (AvgIpc) is 2.71. The third kappa shape index (κ3) is 1.36. The van der Waals surface area contributed by atoms with Gasteiger partial charge in [-0.2, -0.15) is 18.3 Å². The van der Waals surface area contributed by atoms with Crippen molar-refractivity contribution in [2.24, 2.45) is 5.41 Å². The fourth-order valence-corrected chi connectivity index (χ4v) is 2.61. The van der Waals surface area contributed by atoms with Crippen LogP contribution in [-0.2, 0) is 6.18 Å². The lowest BCUT2D eigenvalue weighted by Gasteiger charge is -2.35. The smallest absolute Gasteiger partial charge is 0.282 e. The predicted octanol–water partition coefficient (Wildman–Crippen LogP) is 3.09. The summed E-state index contributed by atoms with van der Waals surface area (Å²) in [6.07, 6.45) is 0.816. The van der Waals surface area contributed by atoms with Crippen LogP contribution in [0.2, 0.25) is 0 Å². The summed E-state index contributed by atoms with van der Waals surface area (Å²) in [5.74, 6) is 0.0478. The van der Waals surface area contributed by atoms with Crippen molar-refractivity contribution < 1.29 is 13.2 Å². The molecule has 82 valence electrons. The molecule has 15 heavy (non-hydrogen) atoms. The zero-order chi connectivity index (χ0) is 10.7. The van der Waals surface area contributed by atoms with Gasteiger partial charge in [-0.25, -0.2) is 0 Å². The minimum atomic E-state index is -4.27. The molecule has 1 N–H and O–H groups in total. The molecule has 0 bridgehead atoms. The molecule has 1 spiro atoms. The van der Waals surface area contributed by atoms with Gasteiger partial charge in [-0.05, 0) is 31.1 Å². The monoisotopic (exact) mass is 216 g/mol. The molecular weight excluding hydrogens is 205 g/mol. The number of H-pyrrole nitrogens is 1. The van der Waals surface area contributed by atoms with E-state index in [4.69, 9.17) is 0 Å². The summed E-state index contributed by atoms with van der Waals surface area (Å²) >= 11 is 0. The largest absolute Gasteiger partial charge is 0.419 e. The van der Waals surface area contributed by atoms with Gasteiger partial charge < -0.3 is 0 Å². The summed E-state index contributed by atoms with van der Waals surface area (Å²) in [5.41, 5.74) is 0.126. The van der Waals surface area contributed by atoms with Gasteiger partial charge in [0.05, 0.1) is 17.5 Å². The van der Waals surface area contributed by atoms with Crippen LogP contribution in [0.4, 0.5) is 13.2 Å². The van der Waals surface area contributed by atoms with Crippen molar-refractivity contribution in [1.82, 2.24) is 10.2 Å². The van der Waals surface area contributed by atoms with E-state index >= 15 is 0 Å². The number of nitrogens with zero attached hydrogens (tertiary/aromatic N) is 1. The van der Waals surface area contributed by atoms with Crippen LogP contribution in [0.15, 0.2) is 6.20 Å². The maximum Gasteiger partial charge on any atom is 0.419 e. The first-order valence-corrected chi connectivity index (χ1v) is 5.11. The van der Waals surface area contributed by atoms with Crippen LogP contribution in [0.1, 0.15) is 42.9 Å². The van der Waals surface area contributed by atoms with Crippen molar-refractivity contribution in [2.45, 2.75) is 37.8 Å². The summed E-state index contributed by atoms with van der Waals surface area (Å²) in [6, 6.07) is 0. The van der Waals surface area contributed by atoms with Gasteiger partial charge in [-0.15, -0.1) is 0 Å². The first-order chi connectivity index (χ1) is 7.00. The molecule has 2 nitrogen and oxygen atoms in total. The van der Waals surface area contributed by atoms with Gasteiger partial charge in [0.15, 0.2) is 0 Å². The van der Waals surface area contributed by atoms with Crippen molar-refractivity contribution in [1.29, 1.82) is 0 Å². The topological polar surface area (TPSA) is 28.7 Å². The molecule has 0 aliphatic heterocycles. The molecule has 0 aromatic carbocycles. The average molecular weight is 216 g/mol. The Morgan fingerprint density at radius 1 is 1.33 bits per heavy atom. The summed E-state index contributed by atoms with van der Waals surface area (Å²) < 4.78 is 37.7. The first-order valence-electron chi connectivity index (χ1n) is 5.11. The van der Waals surface area contributed by atoms with E-state index in [1.807, 2.05) is 0 Å². The van der Waals surface area contributed by atoms with E-state index in [1.54, 1.807) is 0 Å². The highest BCUT2D eigenvalue weighted by Gasteiger charge is 2.55. The predicted molar refractivity (Wildman–Crippen MR) is 47.2 cm³/mol. The molecule has 0 amide bonds. The molecule has 0 radical (unpaired) electrons. The van der Waals surface area contributed by atoms with E-state index in [2.05, 4.69) is 10.2 Å². The van der Waals surface area contributed by atoms with E-state index in [9.17, 15) is 13.2 Å². The lowest BCUT2D eigenvalue weighted by Crippen LogP contribution is -2.25. The van der Waals surface area contributed by atoms with Crippen molar-refractivity contribution in [2.75, 3.05) is 0 Å². The number of hydrogen-bond donors (Lipinski definition) is 1. The minimum Gasteiger partial charge on any atom is -0.282 e. The maximum atomic E-state index is 12.6. The molecule has 1 heterocycles. The molecule has 1 aromatic rings. The van der Waals surface area contributed by atoms with Crippen molar-refractivity contribution in [3.63, 3.8) is 0 Å². The van der Waals surface area contributed by atoms with Crippen molar-refractivity contribution in [3.8, 4) is 0 Å². The Morgan fingerprint density at radius 2 is 2.00 bits per heavy atom. The van der Waals surface area contributed by atoms with Crippen molar-refractivity contribution in [3.05, 3.63) is 17.5 Å². The van der Waals surface area contributed by atoms with E-state index in [1.165, 1.54) is 12.8 Å². The van der Waals surface area contributed by atoms with Crippen LogP contribution in [0.25, 0.3) is 0 Å². The lowest BCUT2D eigenvalue weighted by atomic mass is 9.70. The first kappa shape index (κ1) is 9.24. The summed E-state index contributed by atoms with van der Waals surface area (Å²) in [5, 5.41) is 6.02. The Bertz CT molecular complexity index is 382. The highest BCUT2D eigenvalue weighted by Crippen LogP contribution is 2.66. The fourth-order valence-electron chi connectivity index (χ4n) is 2.61. The van der Waals surface area contributed by atoms with Gasteiger partial charge >= 0.3 is 6.18 Å². The quantitative estimate of drug-likeness (QED) is 0.767. The molecule has 2 saturated carbocycles. The SMILES string of the molecule is FC(F)(F)c1cn[nH]c1C1CC2(CC2)C1. The molecule has 0 saturated heterocycles. The summed E-state index contributed by atoms with van der Waals surface area (Å²) in [4.78, 5) is 0. The lowest BCUT2D eigenvalue weighted by molar-refractivity contribution is -0.138. The second kappa shape index (κ2) is 2.57. The molecule has 2 aliphatic rings. The van der Waals surface area contributed by atoms with Gasteiger partial charge in [0.2, 0.25) is 0 Å². The van der Waals surface area contributed by atoms with E-state index < -0.39 is 11.7 Å². The second-order valence-corrected chi connectivity index (χ2v) is 4.80. The highest BCUT2D eigenvalue weighted by atomic mass is 19.4. The van der Waals surface area contributed by atoms with Gasteiger partial charge in [0.1, 0.15) is 0 Å². The zero-order valence-corrected chi connectivity index (χ0v) is 8.06. The fraction of sp³-hybridized carbons (Fsp3) is 0.700. The van der Waals surface area contributed by atoms with Gasteiger partial charge in [-0.1, -0.05) is 0 Å². The highest BCUT2D eigenvalue weighted by molar-refractivity contribution is 5.28. The summed E-state index contributed by atoms with van der Waals surface area (Å²) in [6.45, 7) is 0. The van der Waals surface area contributed by atoms with Crippen LogP contribution < -0.4 is 0 Å². The van der Waals surface area contributed by atoms with E-state index in [0.717, 1.165) is 19.0 Å². The Labute approximate surface area is 84.9 Å². The molecule has 1 aromatic heterocycles. The molecule has 3 rings (SSSR count). The normalized spacial score (nSPS) is 24.2. The number of nitrogens with one attached hydrogen (secondary N) is 1. The third-order valence-corrected chi connectivity index (χ3v) is 3.70. The van der Waals surface area contributed by atoms with Crippen LogP contribution in [0.3, 0.4) is 0 Å². The zero-order valence-electron chi connectivity index (χ0n) is 8.06. The number of alkyl halides is 3. The van der Waals surface area contributed by atoms with E-state index in [0.29, 0.717) is 11.1 Å². The number of rotatable bonds is 1. The Kier molecular flexibility index (Phi) is 1.58. The molecule has 0 unspecified atom stereocenters. The van der Waals surface area contributed by atoms with Crippen molar-refractivity contribution >= 4 is 0 Å². The van der Waals surface area contributed by atoms with Crippen LogP contribution in [-0.4, -0.2) is 10.2 Å². The van der Waals surface area contributed by atoms with Gasteiger partial charge in [0.25, 0.3) is 0 Å². The molecular formula is C10H11F3N2. The minimum absolute atomic E-state index is 0.0478. The Balaban J connectivity index is 1.83.